The van der Waals surface area contributed by atoms with Crippen LogP contribution in [0.2, 0.25) is 0 Å². The second-order valence-electron chi connectivity index (χ2n) is 17.1. The van der Waals surface area contributed by atoms with E-state index in [1.165, 1.54) is 44.1 Å². The summed E-state index contributed by atoms with van der Waals surface area (Å²) in [6.45, 7) is 0. The van der Waals surface area contributed by atoms with Gasteiger partial charge in [0.05, 0.1) is 22.1 Å². The summed E-state index contributed by atoms with van der Waals surface area (Å²) in [7, 11) is -3.52. The lowest BCUT2D eigenvalue weighted by atomic mass is 9.62. The quantitative estimate of drug-likeness (QED) is 0.156. The van der Waals surface area contributed by atoms with Gasteiger partial charge in [0, 0.05) is 43.7 Å². The average Bonchev–Trinajstić information content (AvgIpc) is 3.73. The van der Waals surface area contributed by atoms with Gasteiger partial charge >= 0.3 is 0 Å². The molecule has 2 atom stereocenters. The molecule has 13 rings (SSSR count). The Morgan fingerprint density at radius 1 is 0.369 bits per heavy atom. The molecule has 11 aromatic rings. The van der Waals surface area contributed by atoms with E-state index >= 15 is 4.57 Å². The van der Waals surface area contributed by atoms with Crippen LogP contribution in [0.1, 0.15) is 22.3 Å². The van der Waals surface area contributed by atoms with Crippen LogP contribution in [0.4, 0.5) is 17.1 Å². The zero-order valence-electron chi connectivity index (χ0n) is 35.4. The standard InChI is InChI=1S/C61H41N2OP/c64-65(49-21-8-3-9-22-49)58-30-15-12-26-53(58)61(52-25-11-14-29-57(52)63-56-28-13-10-23-50(56)51-24-16-27-55(61)60(51)63)54-40-39-48(41-59(54)65)62(46-35-31-44(32-36-46)42-17-4-1-5-18-42)47-37-33-45(34-38-47)43-19-6-2-7-20-43/h1-41H. The second-order valence-corrected chi connectivity index (χ2v) is 19.8. The minimum absolute atomic E-state index is 0.785. The van der Waals surface area contributed by atoms with Gasteiger partial charge in [-0.3, -0.25) is 0 Å². The lowest BCUT2D eigenvalue weighted by Gasteiger charge is -2.47. The molecule has 0 saturated carbocycles. The van der Waals surface area contributed by atoms with E-state index in [2.05, 4.69) is 240 Å². The summed E-state index contributed by atoms with van der Waals surface area (Å²) < 4.78 is 19.5. The number of fused-ring (bicyclic) bond motifs is 11. The van der Waals surface area contributed by atoms with Crippen molar-refractivity contribution in [2.75, 3.05) is 4.90 Å². The van der Waals surface area contributed by atoms with Crippen LogP contribution < -0.4 is 20.8 Å². The Kier molecular flexibility index (Phi) is 8.40. The molecule has 1 aromatic heterocycles. The molecule has 3 nitrogen and oxygen atoms in total. The SMILES string of the molecule is O=P1(c2ccccc2)c2ccccc2C2(c3ccccc3-n3c4ccccc4c4cccc2c43)c2ccc(N(c3ccc(-c4ccccc4)cc3)c3ccc(-c4ccccc4)cc3)cc21. The van der Waals surface area contributed by atoms with Crippen molar-refractivity contribution < 1.29 is 4.57 Å². The van der Waals surface area contributed by atoms with Crippen molar-refractivity contribution >= 4 is 61.9 Å². The Labute approximate surface area is 378 Å². The fourth-order valence-corrected chi connectivity index (χ4v) is 14.3. The smallest absolute Gasteiger partial charge is 0.171 e. The van der Waals surface area contributed by atoms with E-state index in [0.717, 1.165) is 60.9 Å². The van der Waals surface area contributed by atoms with Gasteiger partial charge in [-0.25, -0.2) is 0 Å². The van der Waals surface area contributed by atoms with E-state index in [4.69, 9.17) is 0 Å². The maximum absolute atomic E-state index is 17.1. The molecule has 0 aliphatic carbocycles. The number of hydrogen-bond acceptors (Lipinski definition) is 2. The van der Waals surface area contributed by atoms with Crippen molar-refractivity contribution in [1.82, 2.24) is 4.57 Å². The van der Waals surface area contributed by atoms with Crippen LogP contribution in [0.5, 0.6) is 0 Å². The molecule has 2 aliphatic rings. The van der Waals surface area contributed by atoms with Crippen LogP contribution in [-0.4, -0.2) is 4.57 Å². The van der Waals surface area contributed by atoms with E-state index in [0.29, 0.717) is 0 Å². The lowest BCUT2D eigenvalue weighted by molar-refractivity contribution is 0.590. The van der Waals surface area contributed by atoms with Crippen molar-refractivity contribution in [2.45, 2.75) is 5.41 Å². The van der Waals surface area contributed by atoms with E-state index in [9.17, 15) is 0 Å². The normalized spacial score (nSPS) is 16.8. The van der Waals surface area contributed by atoms with E-state index in [1.807, 2.05) is 18.2 Å². The van der Waals surface area contributed by atoms with Gasteiger partial charge in [-0.2, -0.15) is 0 Å². The third-order valence-corrected chi connectivity index (χ3v) is 17.0. The lowest BCUT2D eigenvalue weighted by Crippen LogP contribution is -2.48. The van der Waals surface area contributed by atoms with Crippen molar-refractivity contribution in [3.8, 4) is 27.9 Å². The molecular formula is C61H41N2OP. The average molecular weight is 849 g/mol. The highest BCUT2D eigenvalue weighted by Gasteiger charge is 2.54. The third kappa shape index (κ3) is 5.40. The number of nitrogens with zero attached hydrogens (tertiary/aromatic N) is 2. The Hall–Kier alpha value is -7.97. The van der Waals surface area contributed by atoms with Gasteiger partial charge in [-0.05, 0) is 93.0 Å². The Morgan fingerprint density at radius 3 is 1.54 bits per heavy atom. The molecular weight excluding hydrogens is 808 g/mol. The van der Waals surface area contributed by atoms with Crippen LogP contribution >= 0.6 is 7.14 Å². The van der Waals surface area contributed by atoms with E-state index < -0.39 is 12.6 Å². The number of benzene rings is 10. The molecule has 306 valence electrons. The zero-order chi connectivity index (χ0) is 43.1. The molecule has 0 radical (unpaired) electrons. The summed E-state index contributed by atoms with van der Waals surface area (Å²) in [5, 5.41) is 4.98. The van der Waals surface area contributed by atoms with E-state index in [-0.39, 0.29) is 0 Å². The van der Waals surface area contributed by atoms with Crippen molar-refractivity contribution in [3.05, 3.63) is 271 Å². The minimum Gasteiger partial charge on any atom is -0.310 e. The van der Waals surface area contributed by atoms with Crippen LogP contribution in [-0.2, 0) is 9.98 Å². The van der Waals surface area contributed by atoms with Crippen molar-refractivity contribution in [2.24, 2.45) is 0 Å². The number of para-hydroxylation sites is 3. The largest absolute Gasteiger partial charge is 0.310 e. The Bertz CT molecular complexity index is 3590. The first-order chi connectivity index (χ1) is 32.1. The van der Waals surface area contributed by atoms with Crippen LogP contribution in [0, 0.1) is 0 Å². The molecule has 0 amide bonds. The van der Waals surface area contributed by atoms with Gasteiger partial charge in [0.15, 0.2) is 7.14 Å². The Morgan fingerprint density at radius 2 is 0.862 bits per heavy atom. The first-order valence-electron chi connectivity index (χ1n) is 22.3. The summed E-state index contributed by atoms with van der Waals surface area (Å²) in [6, 6.07) is 88.6. The number of hydrogen-bond donors (Lipinski definition) is 0. The number of anilines is 3. The van der Waals surface area contributed by atoms with Gasteiger partial charge in [0.1, 0.15) is 0 Å². The predicted octanol–water partition coefficient (Wildman–Crippen LogP) is 14.2. The van der Waals surface area contributed by atoms with Crippen LogP contribution in [0.3, 0.4) is 0 Å². The number of rotatable bonds is 6. The highest BCUT2D eigenvalue weighted by atomic mass is 31.2. The molecule has 1 spiro atoms. The van der Waals surface area contributed by atoms with Crippen molar-refractivity contribution in [1.29, 1.82) is 0 Å². The molecule has 0 bridgehead atoms. The zero-order valence-corrected chi connectivity index (χ0v) is 36.3. The monoisotopic (exact) mass is 848 g/mol. The van der Waals surface area contributed by atoms with Crippen LogP contribution in [0.15, 0.2) is 249 Å². The molecule has 0 fully saturated rings. The molecule has 10 aromatic carbocycles. The summed E-state index contributed by atoms with van der Waals surface area (Å²) in [6.07, 6.45) is 0. The van der Waals surface area contributed by atoms with Gasteiger partial charge in [-0.1, -0.05) is 200 Å². The Balaban J connectivity index is 1.11. The third-order valence-electron chi connectivity index (χ3n) is 13.9. The van der Waals surface area contributed by atoms with Gasteiger partial charge in [-0.15, -0.1) is 0 Å². The summed E-state index contributed by atoms with van der Waals surface area (Å²) in [4.78, 5) is 2.32. The van der Waals surface area contributed by atoms with Gasteiger partial charge in [0.2, 0.25) is 0 Å². The summed E-state index contributed by atoms with van der Waals surface area (Å²) >= 11 is 0. The highest BCUT2D eigenvalue weighted by Crippen LogP contribution is 2.61. The molecule has 2 aliphatic heterocycles. The fourth-order valence-electron chi connectivity index (χ4n) is 11.1. The summed E-state index contributed by atoms with van der Waals surface area (Å²) in [5.41, 5.74) is 14.8. The maximum Gasteiger partial charge on any atom is 0.171 e. The van der Waals surface area contributed by atoms with Crippen LogP contribution in [0.25, 0.3) is 49.7 Å². The van der Waals surface area contributed by atoms with E-state index in [1.54, 1.807) is 0 Å². The maximum atomic E-state index is 17.1. The molecule has 0 N–H and O–H groups in total. The predicted molar refractivity (Wildman–Crippen MR) is 271 cm³/mol. The fraction of sp³-hybridized carbons (Fsp3) is 0.0164. The first-order valence-corrected chi connectivity index (χ1v) is 24.0. The number of aromatic nitrogens is 1. The molecule has 65 heavy (non-hydrogen) atoms. The second kappa shape index (κ2) is 14.5. The molecule has 4 heteroatoms. The van der Waals surface area contributed by atoms with Gasteiger partial charge in [0.25, 0.3) is 0 Å². The van der Waals surface area contributed by atoms with Gasteiger partial charge < -0.3 is 14.0 Å². The highest BCUT2D eigenvalue weighted by molar-refractivity contribution is 7.85. The topological polar surface area (TPSA) is 25.2 Å². The van der Waals surface area contributed by atoms with Crippen molar-refractivity contribution in [3.63, 3.8) is 0 Å². The molecule has 0 saturated heterocycles. The first kappa shape index (κ1) is 37.6. The summed E-state index contributed by atoms with van der Waals surface area (Å²) in [5.74, 6) is 0. The minimum atomic E-state index is -3.52. The molecule has 3 heterocycles. The molecule has 2 unspecified atom stereocenters.